The quantitative estimate of drug-likeness (QED) is 0.869. The SMILES string of the molecule is Cc1c(Br)cccc1NS(=O)(=O)c1cccc(CN)c1C. The molecule has 2 rings (SSSR count). The summed E-state index contributed by atoms with van der Waals surface area (Å²) in [6.45, 7) is 3.93. The van der Waals surface area contributed by atoms with E-state index in [4.69, 9.17) is 5.73 Å². The minimum Gasteiger partial charge on any atom is -0.326 e. The molecule has 0 atom stereocenters. The van der Waals surface area contributed by atoms with E-state index in [1.54, 1.807) is 31.2 Å². The normalized spacial score (nSPS) is 11.4. The molecule has 0 bridgehead atoms. The number of hydrogen-bond acceptors (Lipinski definition) is 3. The lowest BCUT2D eigenvalue weighted by Gasteiger charge is -2.14. The van der Waals surface area contributed by atoms with E-state index in [2.05, 4.69) is 20.7 Å². The molecule has 0 amide bonds. The Labute approximate surface area is 133 Å². The van der Waals surface area contributed by atoms with Crippen molar-refractivity contribution in [3.63, 3.8) is 0 Å². The van der Waals surface area contributed by atoms with Crippen molar-refractivity contribution in [1.82, 2.24) is 0 Å². The van der Waals surface area contributed by atoms with E-state index < -0.39 is 10.0 Å². The first kappa shape index (κ1) is 16.0. The van der Waals surface area contributed by atoms with Crippen molar-refractivity contribution >= 4 is 31.6 Å². The Morgan fingerprint density at radius 2 is 1.76 bits per heavy atom. The zero-order chi connectivity index (χ0) is 15.6. The van der Waals surface area contributed by atoms with Gasteiger partial charge < -0.3 is 5.73 Å². The van der Waals surface area contributed by atoms with Gasteiger partial charge in [-0.15, -0.1) is 0 Å². The summed E-state index contributed by atoms with van der Waals surface area (Å²) in [7, 11) is -3.64. The van der Waals surface area contributed by atoms with E-state index >= 15 is 0 Å². The van der Waals surface area contributed by atoms with E-state index in [0.29, 0.717) is 17.8 Å². The molecule has 0 spiro atoms. The Morgan fingerprint density at radius 1 is 1.10 bits per heavy atom. The van der Waals surface area contributed by atoms with Crippen LogP contribution < -0.4 is 10.5 Å². The third kappa shape index (κ3) is 3.28. The standard InChI is InChI=1S/C15H17BrN2O2S/c1-10-12(9-17)5-3-8-15(10)21(19,20)18-14-7-4-6-13(16)11(14)2/h3-8,18H,9,17H2,1-2H3. The lowest BCUT2D eigenvalue weighted by atomic mass is 10.1. The maximum absolute atomic E-state index is 12.6. The van der Waals surface area contributed by atoms with E-state index in [0.717, 1.165) is 15.6 Å². The highest BCUT2D eigenvalue weighted by Gasteiger charge is 2.19. The Morgan fingerprint density at radius 3 is 2.43 bits per heavy atom. The van der Waals surface area contributed by atoms with Gasteiger partial charge in [-0.3, -0.25) is 4.72 Å². The van der Waals surface area contributed by atoms with Gasteiger partial charge in [-0.05, 0) is 48.7 Å². The first-order chi connectivity index (χ1) is 9.86. The first-order valence-electron chi connectivity index (χ1n) is 6.43. The third-order valence-corrected chi connectivity index (χ3v) is 5.79. The van der Waals surface area contributed by atoms with E-state index in [9.17, 15) is 8.42 Å². The molecule has 0 aliphatic heterocycles. The largest absolute Gasteiger partial charge is 0.326 e. The fraction of sp³-hybridized carbons (Fsp3) is 0.200. The van der Waals surface area contributed by atoms with Gasteiger partial charge in [0, 0.05) is 11.0 Å². The summed E-state index contributed by atoms with van der Waals surface area (Å²) in [4.78, 5) is 0.254. The van der Waals surface area contributed by atoms with Crippen molar-refractivity contribution < 1.29 is 8.42 Å². The van der Waals surface area contributed by atoms with Crippen LogP contribution in [0.4, 0.5) is 5.69 Å². The van der Waals surface area contributed by atoms with Crippen molar-refractivity contribution in [1.29, 1.82) is 0 Å². The zero-order valence-electron chi connectivity index (χ0n) is 11.9. The maximum Gasteiger partial charge on any atom is 0.262 e. The van der Waals surface area contributed by atoms with Crippen LogP contribution in [0.2, 0.25) is 0 Å². The van der Waals surface area contributed by atoms with Crippen molar-refractivity contribution in [2.45, 2.75) is 25.3 Å². The number of anilines is 1. The van der Waals surface area contributed by atoms with E-state index in [1.165, 1.54) is 0 Å². The number of sulfonamides is 1. The number of rotatable bonds is 4. The highest BCUT2D eigenvalue weighted by Crippen LogP contribution is 2.27. The molecule has 0 aliphatic carbocycles. The van der Waals surface area contributed by atoms with E-state index in [1.807, 2.05) is 19.1 Å². The summed E-state index contributed by atoms with van der Waals surface area (Å²) in [5.41, 5.74) is 8.54. The van der Waals surface area contributed by atoms with Crippen LogP contribution in [0.3, 0.4) is 0 Å². The maximum atomic E-state index is 12.6. The molecule has 2 aromatic carbocycles. The number of benzene rings is 2. The fourth-order valence-electron chi connectivity index (χ4n) is 2.09. The Bertz CT molecular complexity index is 773. The van der Waals surface area contributed by atoms with Crippen molar-refractivity contribution in [3.05, 3.63) is 57.6 Å². The number of hydrogen-bond donors (Lipinski definition) is 2. The Hall–Kier alpha value is -1.37. The highest BCUT2D eigenvalue weighted by atomic mass is 79.9. The summed E-state index contributed by atoms with van der Waals surface area (Å²) in [5.74, 6) is 0. The minimum absolute atomic E-state index is 0.254. The van der Waals surface area contributed by atoms with Crippen LogP contribution in [0.25, 0.3) is 0 Å². The van der Waals surface area contributed by atoms with Gasteiger partial charge in [-0.2, -0.15) is 0 Å². The minimum atomic E-state index is -3.64. The van der Waals surface area contributed by atoms with Crippen LogP contribution >= 0.6 is 15.9 Å². The molecule has 4 nitrogen and oxygen atoms in total. The number of halogens is 1. The smallest absolute Gasteiger partial charge is 0.262 e. The van der Waals surface area contributed by atoms with Gasteiger partial charge >= 0.3 is 0 Å². The average Bonchev–Trinajstić information content (AvgIpc) is 2.44. The third-order valence-electron chi connectivity index (χ3n) is 3.42. The summed E-state index contributed by atoms with van der Waals surface area (Å²) in [6.07, 6.45) is 0. The van der Waals surface area contributed by atoms with Crippen LogP contribution in [0, 0.1) is 13.8 Å². The summed E-state index contributed by atoms with van der Waals surface area (Å²) in [5, 5.41) is 0. The van der Waals surface area contributed by atoms with Gasteiger partial charge in [0.15, 0.2) is 0 Å². The molecule has 0 saturated heterocycles. The van der Waals surface area contributed by atoms with Gasteiger partial charge in [0.2, 0.25) is 0 Å². The number of nitrogens with one attached hydrogen (secondary N) is 1. The Kier molecular flexibility index (Phi) is 4.70. The highest BCUT2D eigenvalue weighted by molar-refractivity contribution is 9.10. The molecule has 2 aromatic rings. The van der Waals surface area contributed by atoms with Gasteiger partial charge in [-0.25, -0.2) is 8.42 Å². The van der Waals surface area contributed by atoms with Gasteiger partial charge in [-0.1, -0.05) is 34.1 Å². The molecule has 21 heavy (non-hydrogen) atoms. The molecule has 0 fully saturated rings. The monoisotopic (exact) mass is 368 g/mol. The second-order valence-corrected chi connectivity index (χ2v) is 7.27. The van der Waals surface area contributed by atoms with Crippen LogP contribution in [0.15, 0.2) is 45.8 Å². The second-order valence-electron chi connectivity index (χ2n) is 4.76. The molecule has 0 heterocycles. The zero-order valence-corrected chi connectivity index (χ0v) is 14.3. The van der Waals surface area contributed by atoms with Gasteiger partial charge in [0.05, 0.1) is 10.6 Å². The average molecular weight is 369 g/mol. The van der Waals surface area contributed by atoms with Crippen LogP contribution in [0.1, 0.15) is 16.7 Å². The summed E-state index contributed by atoms with van der Waals surface area (Å²) >= 11 is 3.40. The van der Waals surface area contributed by atoms with Crippen molar-refractivity contribution in [2.24, 2.45) is 5.73 Å². The number of nitrogens with two attached hydrogens (primary N) is 1. The lowest BCUT2D eigenvalue weighted by Crippen LogP contribution is -2.16. The molecule has 3 N–H and O–H groups in total. The lowest BCUT2D eigenvalue weighted by molar-refractivity contribution is 0.600. The van der Waals surface area contributed by atoms with Crippen LogP contribution in [-0.2, 0) is 16.6 Å². The fourth-order valence-corrected chi connectivity index (χ4v) is 3.87. The van der Waals surface area contributed by atoms with Crippen molar-refractivity contribution in [2.75, 3.05) is 4.72 Å². The molecule has 0 saturated carbocycles. The van der Waals surface area contributed by atoms with Crippen molar-refractivity contribution in [3.8, 4) is 0 Å². The second kappa shape index (κ2) is 6.17. The molecule has 0 aliphatic rings. The Balaban J connectivity index is 2.46. The molecule has 0 unspecified atom stereocenters. The molecular weight excluding hydrogens is 352 g/mol. The molecule has 0 radical (unpaired) electrons. The molecular formula is C15H17BrN2O2S. The van der Waals surface area contributed by atoms with Gasteiger partial charge in [0.25, 0.3) is 10.0 Å². The molecule has 112 valence electrons. The summed E-state index contributed by atoms with van der Waals surface area (Å²) < 4.78 is 28.7. The van der Waals surface area contributed by atoms with Crippen LogP contribution in [-0.4, -0.2) is 8.42 Å². The predicted octanol–water partition coefficient (Wildman–Crippen LogP) is 3.33. The van der Waals surface area contributed by atoms with E-state index in [-0.39, 0.29) is 4.90 Å². The van der Waals surface area contributed by atoms with Crippen LogP contribution in [0.5, 0.6) is 0 Å². The predicted molar refractivity (Wildman–Crippen MR) is 88.8 cm³/mol. The molecule has 0 aromatic heterocycles. The summed E-state index contributed by atoms with van der Waals surface area (Å²) in [6, 6.07) is 10.5. The first-order valence-corrected chi connectivity index (χ1v) is 8.71. The molecule has 6 heteroatoms. The van der Waals surface area contributed by atoms with Gasteiger partial charge in [0.1, 0.15) is 0 Å². The topological polar surface area (TPSA) is 72.2 Å².